The van der Waals surface area contributed by atoms with Gasteiger partial charge < -0.3 is 5.73 Å². The molecular formula is C12H19N. The van der Waals surface area contributed by atoms with E-state index in [0.717, 1.165) is 17.8 Å². The van der Waals surface area contributed by atoms with Gasteiger partial charge in [0, 0.05) is 6.04 Å². The molecule has 5 atom stereocenters. The van der Waals surface area contributed by atoms with Crippen molar-refractivity contribution in [2.75, 3.05) is 0 Å². The van der Waals surface area contributed by atoms with Gasteiger partial charge in [0.1, 0.15) is 0 Å². The Hall–Kier alpha value is -0.300. The number of fused-ring (bicyclic) bond motifs is 1. The van der Waals surface area contributed by atoms with Crippen molar-refractivity contribution in [1.29, 1.82) is 0 Å². The van der Waals surface area contributed by atoms with Crippen molar-refractivity contribution < 1.29 is 0 Å². The molecule has 72 valence electrons. The van der Waals surface area contributed by atoms with E-state index in [1.165, 1.54) is 12.8 Å². The van der Waals surface area contributed by atoms with Gasteiger partial charge in [-0.2, -0.15) is 0 Å². The number of allylic oxidation sites excluding steroid dienone is 2. The lowest BCUT2D eigenvalue weighted by atomic mass is 9.84. The fraction of sp³-hybridized carbons (Fsp3) is 0.833. The Morgan fingerprint density at radius 1 is 1.38 bits per heavy atom. The summed E-state index contributed by atoms with van der Waals surface area (Å²) in [5.74, 6) is 2.65. The molecule has 2 N–H and O–H groups in total. The summed E-state index contributed by atoms with van der Waals surface area (Å²) in [6, 6.07) is 0.579. The van der Waals surface area contributed by atoms with E-state index in [1.54, 1.807) is 11.1 Å². The van der Waals surface area contributed by atoms with Crippen LogP contribution in [0.2, 0.25) is 0 Å². The molecule has 0 spiro atoms. The van der Waals surface area contributed by atoms with E-state index in [0.29, 0.717) is 11.5 Å². The van der Waals surface area contributed by atoms with Crippen LogP contribution in [0.3, 0.4) is 0 Å². The standard InChI is InChI=1S/C12H19N/c1-4-12(9-10(12)11(9)13)5-8-6(2)7(8)3/h6,9-11H,4-5,13H2,1-3H3/t6-,9-,10?,11+,12+/m1/s1. The van der Waals surface area contributed by atoms with Crippen LogP contribution in [0.1, 0.15) is 33.6 Å². The lowest BCUT2D eigenvalue weighted by Crippen LogP contribution is -2.26. The fourth-order valence-electron chi connectivity index (χ4n) is 3.57. The van der Waals surface area contributed by atoms with Crippen molar-refractivity contribution in [3.63, 3.8) is 0 Å². The van der Waals surface area contributed by atoms with E-state index in [4.69, 9.17) is 5.73 Å². The minimum atomic E-state index is 0.579. The van der Waals surface area contributed by atoms with Gasteiger partial charge >= 0.3 is 0 Å². The molecule has 0 aromatic heterocycles. The Bertz CT molecular complexity index is 292. The van der Waals surface area contributed by atoms with Crippen molar-refractivity contribution in [2.45, 2.75) is 39.7 Å². The molecule has 0 aromatic rings. The SMILES string of the molecule is CC[C@@]1(CC2=C(C)[C@H]2C)C2[C@@H](N)[C@@H]21. The maximum Gasteiger partial charge on any atom is 0.0114 e. The van der Waals surface area contributed by atoms with E-state index in [9.17, 15) is 0 Å². The van der Waals surface area contributed by atoms with E-state index in [2.05, 4.69) is 20.8 Å². The zero-order chi connectivity index (χ0) is 9.38. The van der Waals surface area contributed by atoms with Gasteiger partial charge in [0.2, 0.25) is 0 Å². The summed E-state index contributed by atoms with van der Waals surface area (Å²) < 4.78 is 0. The molecule has 2 saturated carbocycles. The first-order valence-electron chi connectivity index (χ1n) is 5.58. The topological polar surface area (TPSA) is 26.0 Å². The van der Waals surface area contributed by atoms with E-state index >= 15 is 0 Å². The quantitative estimate of drug-likeness (QED) is 0.658. The molecule has 0 bridgehead atoms. The summed E-state index contributed by atoms with van der Waals surface area (Å²) in [6.45, 7) is 6.96. The highest BCUT2D eigenvalue weighted by Gasteiger charge is 2.81. The zero-order valence-corrected chi connectivity index (χ0v) is 8.80. The second-order valence-corrected chi connectivity index (χ2v) is 5.32. The van der Waals surface area contributed by atoms with Crippen molar-refractivity contribution in [3.8, 4) is 0 Å². The van der Waals surface area contributed by atoms with Crippen LogP contribution in [0, 0.1) is 23.2 Å². The van der Waals surface area contributed by atoms with Crippen molar-refractivity contribution in [3.05, 3.63) is 11.1 Å². The van der Waals surface area contributed by atoms with Crippen LogP contribution < -0.4 is 5.73 Å². The third kappa shape index (κ3) is 0.775. The smallest absolute Gasteiger partial charge is 0.0114 e. The van der Waals surface area contributed by atoms with Crippen LogP contribution in [-0.4, -0.2) is 6.04 Å². The van der Waals surface area contributed by atoms with Gasteiger partial charge in [-0.05, 0) is 42.9 Å². The van der Waals surface area contributed by atoms with E-state index in [-0.39, 0.29) is 0 Å². The molecule has 1 heteroatoms. The number of hydrogen-bond donors (Lipinski definition) is 1. The summed E-state index contributed by atoms with van der Waals surface area (Å²) in [4.78, 5) is 0. The molecule has 3 aliphatic rings. The van der Waals surface area contributed by atoms with Crippen LogP contribution in [0.5, 0.6) is 0 Å². The molecule has 0 radical (unpaired) electrons. The Balaban J connectivity index is 1.68. The lowest BCUT2D eigenvalue weighted by Gasteiger charge is -2.22. The molecular weight excluding hydrogens is 158 g/mol. The Labute approximate surface area is 80.4 Å². The number of nitrogens with two attached hydrogens (primary N) is 1. The zero-order valence-electron chi connectivity index (χ0n) is 8.80. The summed E-state index contributed by atoms with van der Waals surface area (Å²) in [7, 11) is 0. The molecule has 0 aromatic carbocycles. The Kier molecular flexibility index (Phi) is 1.26. The second kappa shape index (κ2) is 2.03. The van der Waals surface area contributed by atoms with Gasteiger partial charge in [0.15, 0.2) is 0 Å². The van der Waals surface area contributed by atoms with Crippen LogP contribution in [0.25, 0.3) is 0 Å². The van der Waals surface area contributed by atoms with Gasteiger partial charge in [-0.3, -0.25) is 0 Å². The number of hydrogen-bond acceptors (Lipinski definition) is 1. The predicted octanol–water partition coefficient (Wildman–Crippen LogP) is 2.33. The normalized spacial score (nSPS) is 56.3. The fourth-order valence-corrected chi connectivity index (χ4v) is 3.57. The predicted molar refractivity (Wildman–Crippen MR) is 54.2 cm³/mol. The average molecular weight is 177 g/mol. The molecule has 3 aliphatic carbocycles. The summed E-state index contributed by atoms with van der Waals surface area (Å²) in [5, 5.41) is 0. The van der Waals surface area contributed by atoms with Crippen LogP contribution in [-0.2, 0) is 0 Å². The molecule has 0 heterocycles. The minimum absolute atomic E-state index is 0.579. The lowest BCUT2D eigenvalue weighted by molar-refractivity contribution is 0.323. The second-order valence-electron chi connectivity index (χ2n) is 5.32. The van der Waals surface area contributed by atoms with Gasteiger partial charge in [-0.15, -0.1) is 0 Å². The maximum atomic E-state index is 5.92. The van der Waals surface area contributed by atoms with E-state index < -0.39 is 0 Å². The minimum Gasteiger partial charge on any atom is -0.327 e. The largest absolute Gasteiger partial charge is 0.327 e. The Morgan fingerprint density at radius 3 is 2.23 bits per heavy atom. The summed E-state index contributed by atoms with van der Waals surface area (Å²) in [6.07, 6.45) is 2.72. The number of rotatable bonds is 3. The first-order chi connectivity index (χ1) is 6.13. The van der Waals surface area contributed by atoms with E-state index in [1.807, 2.05) is 0 Å². The molecule has 3 rings (SSSR count). The first kappa shape index (κ1) is 8.05. The highest BCUT2D eigenvalue weighted by atomic mass is 15.0. The summed E-state index contributed by atoms with van der Waals surface area (Å²) >= 11 is 0. The van der Waals surface area contributed by atoms with Crippen LogP contribution in [0.4, 0.5) is 0 Å². The van der Waals surface area contributed by atoms with Gasteiger partial charge in [-0.1, -0.05) is 25.0 Å². The molecule has 13 heavy (non-hydrogen) atoms. The van der Waals surface area contributed by atoms with Crippen LogP contribution in [0.15, 0.2) is 11.1 Å². The molecule has 1 nitrogen and oxygen atoms in total. The van der Waals surface area contributed by atoms with Gasteiger partial charge in [0.25, 0.3) is 0 Å². The maximum absolute atomic E-state index is 5.92. The monoisotopic (exact) mass is 177 g/mol. The average Bonchev–Trinajstić information content (AvgIpc) is 3.04. The molecule has 0 amide bonds. The van der Waals surface area contributed by atoms with Crippen LogP contribution >= 0.6 is 0 Å². The van der Waals surface area contributed by atoms with Crippen molar-refractivity contribution >= 4 is 0 Å². The van der Waals surface area contributed by atoms with Crippen molar-refractivity contribution in [1.82, 2.24) is 0 Å². The summed E-state index contributed by atoms with van der Waals surface area (Å²) in [5.41, 5.74) is 10.0. The highest BCUT2D eigenvalue weighted by molar-refractivity contribution is 5.44. The van der Waals surface area contributed by atoms with Gasteiger partial charge in [-0.25, -0.2) is 0 Å². The first-order valence-corrected chi connectivity index (χ1v) is 5.58. The highest BCUT2D eigenvalue weighted by Crippen LogP contribution is 2.81. The molecule has 1 unspecified atom stereocenters. The van der Waals surface area contributed by atoms with Gasteiger partial charge in [0.05, 0.1) is 0 Å². The third-order valence-corrected chi connectivity index (χ3v) is 5.07. The Morgan fingerprint density at radius 2 is 1.92 bits per heavy atom. The third-order valence-electron chi connectivity index (χ3n) is 5.07. The van der Waals surface area contributed by atoms with Crippen molar-refractivity contribution in [2.24, 2.45) is 28.9 Å². The molecule has 0 saturated heterocycles. The molecule has 2 fully saturated rings. The molecule has 0 aliphatic heterocycles.